The highest BCUT2D eigenvalue weighted by molar-refractivity contribution is 5.86. The van der Waals surface area contributed by atoms with Gasteiger partial charge in [-0.2, -0.15) is 8.78 Å². The van der Waals surface area contributed by atoms with Crippen molar-refractivity contribution < 1.29 is 53.0 Å². The predicted molar refractivity (Wildman–Crippen MR) is 156 cm³/mol. The SMILES string of the molecule is CCCCc1cc(F)c2c(F)c(C#Cc3cc(F)c(C(F)(F)Oc4cc(F)c(-c5cc(F)c(F)c(F)c5)c(F)c4)cc3C)c(F)cc2c1. The number of unbranched alkanes of at least 4 members (excludes halogenated alkanes) is 1. The highest BCUT2D eigenvalue weighted by Crippen LogP contribution is 2.38. The van der Waals surface area contributed by atoms with E-state index in [2.05, 4.69) is 16.6 Å². The van der Waals surface area contributed by atoms with Crippen LogP contribution in [0.5, 0.6) is 5.75 Å². The summed E-state index contributed by atoms with van der Waals surface area (Å²) in [6.45, 7) is 3.14. The topological polar surface area (TPSA) is 9.23 Å². The van der Waals surface area contributed by atoms with E-state index in [0.29, 0.717) is 36.2 Å². The van der Waals surface area contributed by atoms with Crippen LogP contribution in [-0.4, -0.2) is 0 Å². The summed E-state index contributed by atoms with van der Waals surface area (Å²) in [5.41, 5.74) is -3.93. The number of aryl methyl sites for hydroxylation is 2. The summed E-state index contributed by atoms with van der Waals surface area (Å²) in [7, 11) is 0. The fourth-order valence-corrected chi connectivity index (χ4v) is 5.07. The minimum absolute atomic E-state index is 0.0249. The average molecular weight is 679 g/mol. The van der Waals surface area contributed by atoms with E-state index in [4.69, 9.17) is 0 Å². The Kier molecular flexibility index (Phi) is 9.44. The van der Waals surface area contributed by atoms with Crippen LogP contribution in [-0.2, 0) is 12.5 Å². The summed E-state index contributed by atoms with van der Waals surface area (Å²) in [5, 5.41) is -0.531. The molecule has 12 heteroatoms. The first kappa shape index (κ1) is 34.3. The van der Waals surface area contributed by atoms with Gasteiger partial charge in [-0.05, 0) is 78.2 Å². The van der Waals surface area contributed by atoms with Crippen LogP contribution in [0.4, 0.5) is 48.3 Å². The van der Waals surface area contributed by atoms with Crippen LogP contribution in [0.25, 0.3) is 21.9 Å². The number of rotatable bonds is 7. The molecule has 0 bridgehead atoms. The summed E-state index contributed by atoms with van der Waals surface area (Å²) in [5.74, 6) is -10.3. The van der Waals surface area contributed by atoms with Crippen molar-refractivity contribution in [1.29, 1.82) is 0 Å². The van der Waals surface area contributed by atoms with Crippen LogP contribution in [0.3, 0.4) is 0 Å². The van der Waals surface area contributed by atoms with E-state index in [1.165, 1.54) is 13.0 Å². The zero-order valence-corrected chi connectivity index (χ0v) is 24.9. The summed E-state index contributed by atoms with van der Waals surface area (Å²) in [6, 6.07) is 5.71. The number of alkyl halides is 2. The molecule has 0 heterocycles. The van der Waals surface area contributed by atoms with Crippen molar-refractivity contribution in [3.05, 3.63) is 135 Å². The maximum atomic E-state index is 15.2. The van der Waals surface area contributed by atoms with Gasteiger partial charge in [0.25, 0.3) is 0 Å². The minimum atomic E-state index is -4.56. The molecule has 248 valence electrons. The normalized spacial score (nSPS) is 11.5. The second-order valence-corrected chi connectivity index (χ2v) is 10.9. The molecule has 0 fully saturated rings. The van der Waals surface area contributed by atoms with Crippen molar-refractivity contribution >= 4 is 10.8 Å². The van der Waals surface area contributed by atoms with E-state index < -0.39 is 91.9 Å². The van der Waals surface area contributed by atoms with Gasteiger partial charge in [0.1, 0.15) is 40.4 Å². The third kappa shape index (κ3) is 6.68. The maximum absolute atomic E-state index is 15.2. The molecule has 0 amide bonds. The third-order valence-electron chi connectivity index (χ3n) is 7.44. The Morgan fingerprint density at radius 1 is 0.646 bits per heavy atom. The highest BCUT2D eigenvalue weighted by Gasteiger charge is 2.39. The molecule has 0 aliphatic rings. The van der Waals surface area contributed by atoms with E-state index in [9.17, 15) is 35.1 Å². The number of ether oxygens (including phenoxy) is 1. The molecule has 0 aliphatic carbocycles. The van der Waals surface area contributed by atoms with Crippen LogP contribution >= 0.6 is 0 Å². The molecule has 5 aromatic carbocycles. The third-order valence-corrected chi connectivity index (χ3v) is 7.44. The molecule has 0 saturated carbocycles. The van der Waals surface area contributed by atoms with Crippen molar-refractivity contribution in [1.82, 2.24) is 0 Å². The van der Waals surface area contributed by atoms with Crippen LogP contribution in [0, 0.1) is 71.1 Å². The Hall–Kier alpha value is -5.05. The highest BCUT2D eigenvalue weighted by atomic mass is 19.3. The first-order valence-electron chi connectivity index (χ1n) is 14.2. The van der Waals surface area contributed by atoms with Gasteiger partial charge in [0.05, 0.1) is 16.5 Å². The van der Waals surface area contributed by atoms with Crippen molar-refractivity contribution in [2.45, 2.75) is 39.2 Å². The van der Waals surface area contributed by atoms with Gasteiger partial charge >= 0.3 is 6.11 Å². The lowest BCUT2D eigenvalue weighted by Crippen LogP contribution is -2.24. The molecule has 0 atom stereocenters. The first-order valence-corrected chi connectivity index (χ1v) is 14.2. The second-order valence-electron chi connectivity index (χ2n) is 10.9. The molecular formula is C36H21F11O. The number of benzene rings is 5. The lowest BCUT2D eigenvalue weighted by Gasteiger charge is -2.20. The van der Waals surface area contributed by atoms with Crippen LogP contribution in [0.2, 0.25) is 0 Å². The largest absolute Gasteiger partial charge is 0.429 e. The lowest BCUT2D eigenvalue weighted by molar-refractivity contribution is -0.187. The molecule has 0 saturated heterocycles. The van der Waals surface area contributed by atoms with E-state index in [-0.39, 0.29) is 28.6 Å². The number of fused-ring (bicyclic) bond motifs is 1. The Balaban J connectivity index is 1.44. The quantitative estimate of drug-likeness (QED) is 0.0946. The van der Waals surface area contributed by atoms with Gasteiger partial charge in [-0.15, -0.1) is 0 Å². The van der Waals surface area contributed by atoms with Gasteiger partial charge in [0, 0.05) is 17.7 Å². The van der Waals surface area contributed by atoms with Crippen molar-refractivity contribution in [2.75, 3.05) is 0 Å². The summed E-state index contributed by atoms with van der Waals surface area (Å²) in [6.07, 6.45) is -2.49. The Morgan fingerprint density at radius 2 is 1.29 bits per heavy atom. The van der Waals surface area contributed by atoms with Crippen molar-refractivity contribution in [3.8, 4) is 28.7 Å². The monoisotopic (exact) mass is 678 g/mol. The number of hydrogen-bond donors (Lipinski definition) is 0. The molecule has 5 rings (SSSR count). The standard InChI is InChI=1S/C36H21F11O/c1-3-4-5-18-9-20-12-25(37)23(34(44)33(20)27(39)10-18)7-6-19-11-26(38)24(8-17(19)2)36(46,47)48-22-15-28(40)32(29(41)16-22)21-13-30(42)35(45)31(43)14-21/h8-16H,3-5H2,1-2H3. The summed E-state index contributed by atoms with van der Waals surface area (Å²) >= 11 is 0. The summed E-state index contributed by atoms with van der Waals surface area (Å²) < 4.78 is 164. The minimum Gasteiger partial charge on any atom is -0.429 e. The van der Waals surface area contributed by atoms with Gasteiger partial charge in [-0.25, -0.2) is 39.5 Å². The van der Waals surface area contributed by atoms with Gasteiger partial charge in [-0.1, -0.05) is 31.3 Å². The zero-order chi connectivity index (χ0) is 35.1. The van der Waals surface area contributed by atoms with E-state index in [0.717, 1.165) is 25.0 Å². The van der Waals surface area contributed by atoms with Gasteiger partial charge in [0.2, 0.25) is 0 Å². The fraction of sp³-hybridized carbons (Fsp3) is 0.167. The predicted octanol–water partition coefficient (Wildman–Crippen LogP) is 10.9. The van der Waals surface area contributed by atoms with Gasteiger partial charge < -0.3 is 4.74 Å². The van der Waals surface area contributed by atoms with E-state index >= 15 is 13.2 Å². The summed E-state index contributed by atoms with van der Waals surface area (Å²) in [4.78, 5) is 0. The van der Waals surface area contributed by atoms with Gasteiger partial charge in [-0.3, -0.25) is 0 Å². The molecule has 0 unspecified atom stereocenters. The fourth-order valence-electron chi connectivity index (χ4n) is 5.07. The Morgan fingerprint density at radius 3 is 1.92 bits per heavy atom. The molecular weight excluding hydrogens is 657 g/mol. The molecule has 0 aromatic heterocycles. The van der Waals surface area contributed by atoms with E-state index in [1.807, 2.05) is 6.92 Å². The Bertz CT molecular complexity index is 2100. The second kappa shape index (κ2) is 13.2. The van der Waals surface area contributed by atoms with E-state index in [1.54, 1.807) is 0 Å². The molecule has 5 aromatic rings. The van der Waals surface area contributed by atoms with Crippen LogP contribution < -0.4 is 4.74 Å². The average Bonchev–Trinajstić information content (AvgIpc) is 2.99. The molecule has 0 aliphatic heterocycles. The molecule has 1 nitrogen and oxygen atoms in total. The maximum Gasteiger partial charge on any atom is 0.429 e. The van der Waals surface area contributed by atoms with Crippen LogP contribution in [0.1, 0.15) is 47.6 Å². The smallest absolute Gasteiger partial charge is 0.429 e. The van der Waals surface area contributed by atoms with Gasteiger partial charge in [0.15, 0.2) is 23.3 Å². The van der Waals surface area contributed by atoms with Crippen molar-refractivity contribution in [3.63, 3.8) is 0 Å². The molecule has 48 heavy (non-hydrogen) atoms. The molecule has 0 N–H and O–H groups in total. The lowest BCUT2D eigenvalue weighted by atomic mass is 9.99. The van der Waals surface area contributed by atoms with Crippen molar-refractivity contribution in [2.24, 2.45) is 0 Å². The number of hydrogen-bond acceptors (Lipinski definition) is 1. The molecule has 0 radical (unpaired) electrons. The van der Waals surface area contributed by atoms with Crippen LogP contribution in [0.15, 0.2) is 54.6 Å². The number of halogens is 11. The first-order chi connectivity index (χ1) is 22.6. The Labute approximate surface area is 266 Å². The zero-order valence-electron chi connectivity index (χ0n) is 24.9. The molecule has 0 spiro atoms.